The molecule has 126 valence electrons. The van der Waals surface area contributed by atoms with Crippen molar-refractivity contribution in [1.82, 2.24) is 0 Å². The van der Waals surface area contributed by atoms with Gasteiger partial charge in [0.2, 0.25) is 0 Å². The van der Waals surface area contributed by atoms with Gasteiger partial charge in [0, 0.05) is 18.8 Å². The number of esters is 1. The molecule has 0 radical (unpaired) electrons. The number of anilines is 1. The first kappa shape index (κ1) is 17.1. The van der Waals surface area contributed by atoms with E-state index in [4.69, 9.17) is 27.9 Å². The van der Waals surface area contributed by atoms with Crippen LogP contribution in [0.15, 0.2) is 42.5 Å². The van der Waals surface area contributed by atoms with Gasteiger partial charge in [-0.25, -0.2) is 0 Å². The van der Waals surface area contributed by atoms with E-state index in [-0.39, 0.29) is 5.97 Å². The SMILES string of the molecule is COC(=O)C(c1ccc(N2CCCC2)cc1)c1ccc(Cl)c(Cl)c1. The first-order chi connectivity index (χ1) is 11.6. The van der Waals surface area contributed by atoms with Crippen molar-refractivity contribution in [2.24, 2.45) is 0 Å². The quantitative estimate of drug-likeness (QED) is 0.723. The molecule has 1 unspecified atom stereocenters. The Kier molecular flexibility index (Phi) is 5.32. The van der Waals surface area contributed by atoms with Gasteiger partial charge in [-0.1, -0.05) is 41.4 Å². The molecule has 0 spiro atoms. The minimum Gasteiger partial charge on any atom is -0.468 e. The van der Waals surface area contributed by atoms with E-state index in [0.717, 1.165) is 24.2 Å². The van der Waals surface area contributed by atoms with Crippen LogP contribution in [0.1, 0.15) is 29.9 Å². The second kappa shape index (κ2) is 7.45. The number of methoxy groups -OCH3 is 1. The Morgan fingerprint density at radius 3 is 2.21 bits per heavy atom. The second-order valence-electron chi connectivity index (χ2n) is 5.92. The summed E-state index contributed by atoms with van der Waals surface area (Å²) in [5.41, 5.74) is 2.84. The Hall–Kier alpha value is -1.71. The zero-order valence-electron chi connectivity index (χ0n) is 13.5. The zero-order valence-corrected chi connectivity index (χ0v) is 15.0. The maximum Gasteiger partial charge on any atom is 0.317 e. The topological polar surface area (TPSA) is 29.5 Å². The Labute approximate surface area is 152 Å². The largest absolute Gasteiger partial charge is 0.468 e. The van der Waals surface area contributed by atoms with Crippen molar-refractivity contribution in [3.63, 3.8) is 0 Å². The van der Waals surface area contributed by atoms with Gasteiger partial charge in [-0.05, 0) is 48.2 Å². The summed E-state index contributed by atoms with van der Waals surface area (Å²) in [6.07, 6.45) is 2.46. The van der Waals surface area contributed by atoms with Crippen molar-refractivity contribution in [2.45, 2.75) is 18.8 Å². The smallest absolute Gasteiger partial charge is 0.317 e. The van der Waals surface area contributed by atoms with Crippen LogP contribution in [-0.2, 0) is 9.53 Å². The minimum absolute atomic E-state index is 0.317. The number of nitrogens with zero attached hydrogens (tertiary/aromatic N) is 1. The van der Waals surface area contributed by atoms with Crippen molar-refractivity contribution in [2.75, 3.05) is 25.1 Å². The van der Waals surface area contributed by atoms with E-state index in [1.165, 1.54) is 25.6 Å². The third-order valence-corrected chi connectivity index (χ3v) is 5.15. The molecule has 24 heavy (non-hydrogen) atoms. The summed E-state index contributed by atoms with van der Waals surface area (Å²) in [6, 6.07) is 13.3. The molecule has 0 N–H and O–H groups in total. The highest BCUT2D eigenvalue weighted by Crippen LogP contribution is 2.32. The van der Waals surface area contributed by atoms with E-state index in [1.54, 1.807) is 12.1 Å². The molecule has 1 heterocycles. The molecule has 0 saturated carbocycles. The molecule has 0 bridgehead atoms. The normalized spacial score (nSPS) is 15.4. The third-order valence-electron chi connectivity index (χ3n) is 4.41. The summed E-state index contributed by atoms with van der Waals surface area (Å²) < 4.78 is 5.00. The van der Waals surface area contributed by atoms with Crippen LogP contribution in [0.2, 0.25) is 10.0 Å². The van der Waals surface area contributed by atoms with E-state index >= 15 is 0 Å². The summed E-state index contributed by atoms with van der Waals surface area (Å²) in [4.78, 5) is 14.7. The fourth-order valence-electron chi connectivity index (χ4n) is 3.13. The number of carbonyl (C=O) groups excluding carboxylic acids is 1. The predicted octanol–water partition coefficient (Wildman–Crippen LogP) is 4.90. The monoisotopic (exact) mass is 363 g/mol. The van der Waals surface area contributed by atoms with Crippen molar-refractivity contribution in [3.05, 3.63) is 63.6 Å². The van der Waals surface area contributed by atoms with Crippen molar-refractivity contribution >= 4 is 34.9 Å². The van der Waals surface area contributed by atoms with Crippen molar-refractivity contribution in [3.8, 4) is 0 Å². The Morgan fingerprint density at radius 2 is 1.62 bits per heavy atom. The lowest BCUT2D eigenvalue weighted by Crippen LogP contribution is -2.18. The lowest BCUT2D eigenvalue weighted by molar-refractivity contribution is -0.141. The average molecular weight is 364 g/mol. The Bertz CT molecular complexity index is 725. The lowest BCUT2D eigenvalue weighted by Gasteiger charge is -2.20. The second-order valence-corrected chi connectivity index (χ2v) is 6.73. The first-order valence-electron chi connectivity index (χ1n) is 7.98. The highest BCUT2D eigenvalue weighted by atomic mass is 35.5. The van der Waals surface area contributed by atoms with Gasteiger partial charge in [0.05, 0.1) is 17.2 Å². The van der Waals surface area contributed by atoms with Crippen LogP contribution >= 0.6 is 23.2 Å². The molecule has 0 aromatic heterocycles. The average Bonchev–Trinajstić information content (AvgIpc) is 3.13. The molecule has 3 nitrogen and oxygen atoms in total. The van der Waals surface area contributed by atoms with E-state index in [0.29, 0.717) is 10.0 Å². The molecule has 2 aromatic carbocycles. The summed E-state index contributed by atoms with van der Waals surface area (Å²) >= 11 is 12.1. The zero-order chi connectivity index (χ0) is 17.1. The molecule has 0 amide bonds. The van der Waals surface area contributed by atoms with Crippen LogP contribution in [0, 0.1) is 0 Å². The summed E-state index contributed by atoms with van der Waals surface area (Å²) in [5, 5.41) is 0.894. The van der Waals surface area contributed by atoms with Gasteiger partial charge in [0.1, 0.15) is 5.92 Å². The van der Waals surface area contributed by atoms with Crippen LogP contribution in [0.5, 0.6) is 0 Å². The van der Waals surface area contributed by atoms with Gasteiger partial charge >= 0.3 is 5.97 Å². The highest BCUT2D eigenvalue weighted by molar-refractivity contribution is 6.42. The van der Waals surface area contributed by atoms with Crippen LogP contribution in [0.25, 0.3) is 0 Å². The first-order valence-corrected chi connectivity index (χ1v) is 8.73. The summed E-state index contributed by atoms with van der Waals surface area (Å²) in [7, 11) is 1.39. The molecule has 3 rings (SSSR count). The van der Waals surface area contributed by atoms with Gasteiger partial charge in [-0.3, -0.25) is 4.79 Å². The standard InChI is InChI=1S/C19H19Cl2NO2/c1-24-19(23)18(14-6-9-16(20)17(21)12-14)13-4-7-15(8-5-13)22-10-2-3-11-22/h4-9,12,18H,2-3,10-11H2,1H3. The van der Waals surface area contributed by atoms with Crippen LogP contribution < -0.4 is 4.90 Å². The van der Waals surface area contributed by atoms with Crippen LogP contribution in [-0.4, -0.2) is 26.2 Å². The van der Waals surface area contributed by atoms with E-state index in [1.807, 2.05) is 18.2 Å². The van der Waals surface area contributed by atoms with Gasteiger partial charge in [-0.2, -0.15) is 0 Å². The lowest BCUT2D eigenvalue weighted by atomic mass is 9.91. The number of benzene rings is 2. The molecule has 1 fully saturated rings. The number of rotatable bonds is 4. The van der Waals surface area contributed by atoms with E-state index in [9.17, 15) is 4.79 Å². The molecule has 1 atom stereocenters. The maximum absolute atomic E-state index is 12.3. The summed E-state index contributed by atoms with van der Waals surface area (Å²) in [5.74, 6) is -0.834. The molecular weight excluding hydrogens is 345 g/mol. The molecule has 1 aliphatic rings. The molecule has 1 aliphatic heterocycles. The summed E-state index contributed by atoms with van der Waals surface area (Å²) in [6.45, 7) is 2.18. The maximum atomic E-state index is 12.3. The van der Waals surface area contributed by atoms with Gasteiger partial charge < -0.3 is 9.64 Å². The highest BCUT2D eigenvalue weighted by Gasteiger charge is 2.24. The predicted molar refractivity (Wildman–Crippen MR) is 98.2 cm³/mol. The fraction of sp³-hybridized carbons (Fsp3) is 0.316. The van der Waals surface area contributed by atoms with Crippen molar-refractivity contribution in [1.29, 1.82) is 0 Å². The minimum atomic E-state index is -0.516. The number of carbonyl (C=O) groups is 1. The molecule has 5 heteroatoms. The van der Waals surface area contributed by atoms with Gasteiger partial charge in [0.15, 0.2) is 0 Å². The molecule has 2 aromatic rings. The van der Waals surface area contributed by atoms with E-state index in [2.05, 4.69) is 17.0 Å². The van der Waals surface area contributed by atoms with Crippen molar-refractivity contribution < 1.29 is 9.53 Å². The Balaban J connectivity index is 1.93. The molecular formula is C19H19Cl2NO2. The molecule has 0 aliphatic carbocycles. The van der Waals surface area contributed by atoms with Crippen LogP contribution in [0.3, 0.4) is 0 Å². The Morgan fingerprint density at radius 1 is 1.00 bits per heavy atom. The molecule has 1 saturated heterocycles. The number of ether oxygens (including phenoxy) is 1. The van der Waals surface area contributed by atoms with Gasteiger partial charge in [0.25, 0.3) is 0 Å². The van der Waals surface area contributed by atoms with Crippen LogP contribution in [0.4, 0.5) is 5.69 Å². The number of hydrogen-bond acceptors (Lipinski definition) is 3. The number of halogens is 2. The van der Waals surface area contributed by atoms with E-state index < -0.39 is 5.92 Å². The van der Waals surface area contributed by atoms with Gasteiger partial charge in [-0.15, -0.1) is 0 Å². The third kappa shape index (κ3) is 3.52. The number of hydrogen-bond donors (Lipinski definition) is 0. The fourth-order valence-corrected chi connectivity index (χ4v) is 3.43.